The highest BCUT2D eigenvalue weighted by molar-refractivity contribution is 8.76. The van der Waals surface area contributed by atoms with E-state index in [0.29, 0.717) is 24.8 Å². The number of aromatic hydroxyl groups is 1. The summed E-state index contributed by atoms with van der Waals surface area (Å²) in [4.78, 5) is 149. The highest BCUT2D eigenvalue weighted by atomic mass is 33.1. The molecule has 0 bridgehead atoms. The van der Waals surface area contributed by atoms with Gasteiger partial charge in [-0.2, -0.15) is 0 Å². The summed E-state index contributed by atoms with van der Waals surface area (Å²) in [6.45, 7) is 6.16. The lowest BCUT2D eigenvalue weighted by atomic mass is 9.96. The minimum absolute atomic E-state index is 0.0513. The highest BCUT2D eigenvalue weighted by Crippen LogP contribution is 2.48. The number of benzene rings is 1. The number of nitrogens with two attached hydrogens (primary N) is 5. The Morgan fingerprint density at radius 2 is 1.40 bits per heavy atom. The number of phenols is 1. The normalized spacial score (nSPS) is 25.0. The Morgan fingerprint density at radius 1 is 0.792 bits per heavy atom. The molecule has 400 valence electrons. The molecule has 1 aromatic carbocycles. The molecule has 0 aromatic heterocycles. The summed E-state index contributed by atoms with van der Waals surface area (Å²) in [7, 11) is 2.01. The fourth-order valence-corrected chi connectivity index (χ4v) is 10.1. The number of hydrogen-bond acceptors (Lipinski definition) is 16. The van der Waals surface area contributed by atoms with Crippen LogP contribution in [0.1, 0.15) is 78.2 Å². The predicted octanol–water partition coefficient (Wildman–Crippen LogP) is -4.03. The van der Waals surface area contributed by atoms with E-state index in [1.807, 2.05) is 13.8 Å². The van der Waals surface area contributed by atoms with Crippen LogP contribution in [0.15, 0.2) is 24.3 Å². The fourth-order valence-electron chi connectivity index (χ4n) is 7.85. The van der Waals surface area contributed by atoms with Gasteiger partial charge < -0.3 is 75.9 Å². The molecular formula is C45H71N13O12S2. The number of nitrogens with zero attached hydrogens (tertiary/aromatic N) is 1. The topological polar surface area (TPSA) is 426 Å². The van der Waals surface area contributed by atoms with Crippen molar-refractivity contribution >= 4 is 86.6 Å². The second-order valence-corrected chi connectivity index (χ2v) is 20.9. The summed E-state index contributed by atoms with van der Waals surface area (Å²) in [6, 6.07) is -2.98. The van der Waals surface area contributed by atoms with Gasteiger partial charge in [-0.15, -0.1) is 0 Å². The van der Waals surface area contributed by atoms with Gasteiger partial charge in [0.15, 0.2) is 0 Å². The first-order valence-corrected chi connectivity index (χ1v) is 26.1. The van der Waals surface area contributed by atoms with Gasteiger partial charge in [-0.05, 0) is 67.7 Å². The lowest BCUT2D eigenvalue weighted by Gasteiger charge is -2.30. The molecule has 11 amide bonds. The molecule has 1 aliphatic carbocycles. The third-order valence-corrected chi connectivity index (χ3v) is 14.7. The third-order valence-electron chi connectivity index (χ3n) is 12.2. The van der Waals surface area contributed by atoms with E-state index in [4.69, 9.17) is 28.7 Å². The number of carbonyl (C=O) groups is 11. The molecular weight excluding hydrogens is 979 g/mol. The molecule has 2 aliphatic rings. The lowest BCUT2D eigenvalue weighted by Crippen LogP contribution is -2.61. The van der Waals surface area contributed by atoms with E-state index in [-0.39, 0.29) is 55.0 Å². The molecule has 9 atom stereocenters. The largest absolute Gasteiger partial charge is 0.508 e. The number of phenolic OH excluding ortho intramolecular Hbond substituents is 1. The highest BCUT2D eigenvalue weighted by Gasteiger charge is 2.62. The van der Waals surface area contributed by atoms with Crippen LogP contribution < -0.4 is 65.9 Å². The molecule has 1 aliphatic heterocycles. The van der Waals surface area contributed by atoms with Gasteiger partial charge >= 0.3 is 0 Å². The summed E-state index contributed by atoms with van der Waals surface area (Å²) in [5, 5.41) is 27.9. The zero-order chi connectivity index (χ0) is 53.9. The van der Waals surface area contributed by atoms with Gasteiger partial charge in [0, 0.05) is 30.9 Å². The van der Waals surface area contributed by atoms with Crippen LogP contribution in [-0.2, 0) is 59.2 Å². The van der Waals surface area contributed by atoms with E-state index in [0.717, 1.165) is 26.5 Å². The van der Waals surface area contributed by atoms with Crippen molar-refractivity contribution < 1.29 is 57.8 Å². The Kier molecular flexibility index (Phi) is 24.0. The van der Waals surface area contributed by atoms with Gasteiger partial charge in [0.05, 0.1) is 25.6 Å². The van der Waals surface area contributed by atoms with Gasteiger partial charge in [-0.25, -0.2) is 0 Å². The molecule has 1 saturated heterocycles. The van der Waals surface area contributed by atoms with E-state index >= 15 is 0 Å². The number of amides is 11. The number of unbranched alkanes of at least 4 members (excludes halogenated alkanes) is 1. The molecule has 3 rings (SSSR count). The van der Waals surface area contributed by atoms with Gasteiger partial charge in [-0.1, -0.05) is 67.8 Å². The molecule has 18 N–H and O–H groups in total. The van der Waals surface area contributed by atoms with Crippen molar-refractivity contribution in [3.05, 3.63) is 29.8 Å². The average Bonchev–Trinajstić information content (AvgIpc) is 4.06. The number of rotatable bonds is 21. The summed E-state index contributed by atoms with van der Waals surface area (Å²) >= 11 is 0. The Balaban J connectivity index is 2.08. The van der Waals surface area contributed by atoms with E-state index in [1.165, 1.54) is 24.3 Å². The summed E-state index contributed by atoms with van der Waals surface area (Å²) in [5.41, 5.74) is 27.4. The number of primary amides is 3. The average molecular weight is 1050 g/mol. The summed E-state index contributed by atoms with van der Waals surface area (Å²) in [6.07, 6.45) is -0.498. The monoisotopic (exact) mass is 1050 g/mol. The van der Waals surface area contributed by atoms with Crippen molar-refractivity contribution in [3.63, 3.8) is 0 Å². The third kappa shape index (κ3) is 18.8. The smallest absolute Gasteiger partial charge is 0.246 e. The zero-order valence-corrected chi connectivity index (χ0v) is 42.6. The van der Waals surface area contributed by atoms with Crippen LogP contribution in [0.3, 0.4) is 0 Å². The first kappa shape index (κ1) is 60.1. The summed E-state index contributed by atoms with van der Waals surface area (Å²) < 4.78 is 0. The van der Waals surface area contributed by atoms with Crippen LogP contribution >= 0.6 is 21.6 Å². The van der Waals surface area contributed by atoms with Gasteiger partial charge in [0.1, 0.15) is 41.5 Å². The Hall–Kier alpha value is -6.19. The second kappa shape index (κ2) is 28.7. The second-order valence-electron chi connectivity index (χ2n) is 18.3. The van der Waals surface area contributed by atoms with Crippen molar-refractivity contribution in [2.75, 3.05) is 37.7 Å². The molecule has 1 aromatic rings. The Morgan fingerprint density at radius 3 is 1.99 bits per heavy atom. The van der Waals surface area contributed by atoms with Crippen LogP contribution in [0.4, 0.5) is 0 Å². The van der Waals surface area contributed by atoms with Crippen molar-refractivity contribution in [3.8, 4) is 5.75 Å². The molecule has 1 heterocycles. The molecule has 0 radical (unpaired) electrons. The minimum atomic E-state index is -1.78. The Bertz CT molecular complexity index is 2140. The van der Waals surface area contributed by atoms with Crippen LogP contribution in [0.2, 0.25) is 0 Å². The van der Waals surface area contributed by atoms with Crippen LogP contribution in [0, 0.1) is 17.8 Å². The molecule has 2 fully saturated rings. The first-order valence-electron chi connectivity index (χ1n) is 23.7. The van der Waals surface area contributed by atoms with Gasteiger partial charge in [0.25, 0.3) is 0 Å². The van der Waals surface area contributed by atoms with E-state index in [2.05, 4.69) is 37.2 Å². The fraction of sp³-hybridized carbons (Fsp3) is 0.622. The van der Waals surface area contributed by atoms with Crippen molar-refractivity contribution in [2.24, 2.45) is 46.4 Å². The minimum Gasteiger partial charge on any atom is -0.508 e. The molecule has 2 unspecified atom stereocenters. The molecule has 72 heavy (non-hydrogen) atoms. The van der Waals surface area contributed by atoms with Crippen molar-refractivity contribution in [1.29, 1.82) is 0 Å². The first-order chi connectivity index (χ1) is 33.9. The molecule has 25 nitrogen and oxygen atoms in total. The number of hydrogen-bond donors (Lipinski definition) is 13. The number of carbonyl (C=O) groups excluding carboxylic acids is 11. The molecule has 27 heteroatoms. The maximum absolute atomic E-state index is 14.7. The van der Waals surface area contributed by atoms with Crippen molar-refractivity contribution in [2.45, 2.75) is 121 Å². The number of nitrogens with one attached hydrogen (secondary N) is 7. The summed E-state index contributed by atoms with van der Waals surface area (Å²) in [5.74, 6) is -10.9. The van der Waals surface area contributed by atoms with Gasteiger partial charge in [-0.3, -0.25) is 52.7 Å². The maximum atomic E-state index is 14.7. The SMILES string of the molecule is CC[C@H](C)[C@@H]1NC(=O)[C@H](Cc2ccc(O)cc2)NC(=O)[C@@H](N)CSSC[C@@H](C(=O)N(CCCCN)CC(=O)NC2(C(=O)NCC(N)=O)CC2C(C)C)NC(=O)[C@H](CC(N)=O)NC(=O)[C@H](CCC(N)=O)NC1=O. The van der Waals surface area contributed by atoms with E-state index in [1.54, 1.807) is 13.8 Å². The van der Waals surface area contributed by atoms with Crippen LogP contribution in [0.25, 0.3) is 0 Å². The van der Waals surface area contributed by atoms with E-state index in [9.17, 15) is 57.8 Å². The zero-order valence-electron chi connectivity index (χ0n) is 41.0. The predicted molar refractivity (Wildman–Crippen MR) is 267 cm³/mol. The van der Waals surface area contributed by atoms with E-state index < -0.39 is 145 Å². The maximum Gasteiger partial charge on any atom is 0.246 e. The van der Waals surface area contributed by atoms with Crippen molar-refractivity contribution in [1.82, 2.24) is 42.1 Å². The Labute approximate surface area is 425 Å². The van der Waals surface area contributed by atoms with Gasteiger partial charge in [0.2, 0.25) is 65.0 Å². The lowest BCUT2D eigenvalue weighted by molar-refractivity contribution is -0.140. The quantitative estimate of drug-likeness (QED) is 0.0412. The molecule has 1 saturated carbocycles. The standard InChI is InChI=1S/C45H71N13O12S2/c1-5-24(4)37-42(68)52-29(12-13-33(48)60)39(65)54-31(17-34(49)61)40(66)55-32(22-72-71-21-28(47)38(64)53-30(41(67)56-37)16-25-8-10-26(59)11-9-25)43(69)58(15-7-6-14-46)20-36(63)57-45(18-27(45)23(2)3)44(70)51-19-35(50)62/h8-11,23-24,27-32,37,59H,5-7,12-22,46-47H2,1-4H3,(H2,48,60)(H2,49,61)(H2,50,62)(H,51,70)(H,52,68)(H,53,64)(H,54,65)(H,55,66)(H,56,67)(H,57,63)/t24-,27?,28-,29-,30-,31-,32-,37-,45?/m0/s1. The molecule has 0 spiro atoms. The van der Waals surface area contributed by atoms with Crippen LogP contribution in [-0.4, -0.2) is 154 Å². The van der Waals surface area contributed by atoms with Crippen LogP contribution in [0.5, 0.6) is 5.75 Å².